The molecule has 0 aliphatic heterocycles. The molecule has 0 unspecified atom stereocenters. The van der Waals surface area contributed by atoms with Crippen LogP contribution in [0.3, 0.4) is 0 Å². The molecule has 2 aromatic rings. The molecular weight excluding hydrogens is 256 g/mol. The second kappa shape index (κ2) is 5.34. The van der Waals surface area contributed by atoms with Crippen LogP contribution in [0.25, 0.3) is 0 Å². The van der Waals surface area contributed by atoms with Crippen LogP contribution >= 0.6 is 22.9 Å². The first-order chi connectivity index (χ1) is 8.19. The largest absolute Gasteiger partial charge is 0.497 e. The number of ether oxygens (including phenoxy) is 1. The maximum absolute atomic E-state index is 11.9. The van der Waals surface area contributed by atoms with Crippen molar-refractivity contribution >= 4 is 28.7 Å². The van der Waals surface area contributed by atoms with Crippen molar-refractivity contribution in [3.05, 3.63) is 51.2 Å². The van der Waals surface area contributed by atoms with E-state index in [9.17, 15) is 4.79 Å². The Labute approximate surface area is 109 Å². The first kappa shape index (κ1) is 12.1. The van der Waals surface area contributed by atoms with E-state index in [1.807, 2.05) is 24.3 Å². The average molecular weight is 267 g/mol. The summed E-state index contributed by atoms with van der Waals surface area (Å²) in [7, 11) is 1.61. The van der Waals surface area contributed by atoms with E-state index in [0.29, 0.717) is 15.6 Å². The van der Waals surface area contributed by atoms with Gasteiger partial charge >= 0.3 is 0 Å². The molecule has 1 aromatic carbocycles. The number of benzene rings is 1. The van der Waals surface area contributed by atoms with Crippen molar-refractivity contribution in [3.8, 4) is 5.75 Å². The highest BCUT2D eigenvalue weighted by atomic mass is 35.5. The highest BCUT2D eigenvalue weighted by Crippen LogP contribution is 2.23. The Bertz CT molecular complexity index is 534. The number of rotatable bonds is 4. The van der Waals surface area contributed by atoms with Gasteiger partial charge in [0.2, 0.25) is 0 Å². The van der Waals surface area contributed by atoms with Crippen molar-refractivity contribution in [2.24, 2.45) is 0 Å². The van der Waals surface area contributed by atoms with Crippen LogP contribution in [0.2, 0.25) is 4.34 Å². The summed E-state index contributed by atoms with van der Waals surface area (Å²) in [6, 6.07) is 11.0. The van der Waals surface area contributed by atoms with Gasteiger partial charge in [-0.3, -0.25) is 4.79 Å². The van der Waals surface area contributed by atoms with E-state index in [1.165, 1.54) is 11.3 Å². The predicted molar refractivity (Wildman–Crippen MR) is 70.4 cm³/mol. The monoisotopic (exact) mass is 266 g/mol. The molecule has 1 aromatic heterocycles. The third-order valence-corrected chi connectivity index (χ3v) is 3.62. The van der Waals surface area contributed by atoms with Gasteiger partial charge in [-0.1, -0.05) is 23.7 Å². The van der Waals surface area contributed by atoms with Gasteiger partial charge in [-0.25, -0.2) is 0 Å². The number of carbonyl (C=O) groups is 1. The minimum atomic E-state index is 0.0788. The highest BCUT2D eigenvalue weighted by Gasteiger charge is 2.10. The molecule has 4 heteroatoms. The molecule has 1 heterocycles. The maximum atomic E-state index is 11.9. The molecule has 0 bridgehead atoms. The van der Waals surface area contributed by atoms with Crippen LogP contribution in [0.5, 0.6) is 5.75 Å². The lowest BCUT2D eigenvalue weighted by Crippen LogP contribution is -2.01. The van der Waals surface area contributed by atoms with E-state index in [1.54, 1.807) is 19.2 Å². The number of thiophene rings is 1. The van der Waals surface area contributed by atoms with Crippen molar-refractivity contribution in [2.45, 2.75) is 6.42 Å². The number of ketones is 1. The summed E-state index contributed by atoms with van der Waals surface area (Å²) in [6.07, 6.45) is 0.369. The fourth-order valence-corrected chi connectivity index (χ4v) is 2.50. The van der Waals surface area contributed by atoms with Crippen molar-refractivity contribution in [2.75, 3.05) is 7.11 Å². The summed E-state index contributed by atoms with van der Waals surface area (Å²) >= 11 is 7.11. The molecule has 17 heavy (non-hydrogen) atoms. The lowest BCUT2D eigenvalue weighted by atomic mass is 10.1. The van der Waals surface area contributed by atoms with E-state index < -0.39 is 0 Å². The summed E-state index contributed by atoms with van der Waals surface area (Å²) in [4.78, 5) is 12.6. The number of hydrogen-bond acceptors (Lipinski definition) is 3. The molecule has 0 radical (unpaired) electrons. The molecule has 0 saturated carbocycles. The minimum absolute atomic E-state index is 0.0788. The topological polar surface area (TPSA) is 26.3 Å². The normalized spacial score (nSPS) is 10.2. The number of Topliss-reactive ketones (excluding diaryl/α,β-unsaturated/α-hetero) is 1. The van der Waals surface area contributed by atoms with E-state index in [-0.39, 0.29) is 5.78 Å². The van der Waals surface area contributed by atoms with E-state index in [4.69, 9.17) is 16.3 Å². The van der Waals surface area contributed by atoms with Crippen LogP contribution in [0.1, 0.15) is 15.2 Å². The van der Waals surface area contributed by atoms with Gasteiger partial charge in [0.05, 0.1) is 16.3 Å². The minimum Gasteiger partial charge on any atom is -0.497 e. The Morgan fingerprint density at radius 3 is 2.82 bits per heavy atom. The molecule has 88 valence electrons. The first-order valence-corrected chi connectivity index (χ1v) is 6.30. The SMILES string of the molecule is COc1cccc(CC(=O)c2ccc(Cl)s2)c1. The molecule has 0 amide bonds. The summed E-state index contributed by atoms with van der Waals surface area (Å²) in [5.41, 5.74) is 0.943. The van der Waals surface area contributed by atoms with Gasteiger partial charge in [0.25, 0.3) is 0 Å². The zero-order chi connectivity index (χ0) is 12.3. The zero-order valence-corrected chi connectivity index (χ0v) is 10.8. The van der Waals surface area contributed by atoms with Crippen LogP contribution in [0.4, 0.5) is 0 Å². The molecule has 0 saturated heterocycles. The molecule has 0 spiro atoms. The molecule has 0 fully saturated rings. The van der Waals surface area contributed by atoms with E-state index >= 15 is 0 Å². The molecule has 0 aliphatic rings. The Hall–Kier alpha value is -1.32. The van der Waals surface area contributed by atoms with Gasteiger partial charge in [0, 0.05) is 6.42 Å². The third kappa shape index (κ3) is 3.08. The summed E-state index contributed by atoms with van der Waals surface area (Å²) in [5.74, 6) is 0.842. The molecule has 0 N–H and O–H groups in total. The van der Waals surface area contributed by atoms with Crippen LogP contribution in [-0.2, 0) is 6.42 Å². The number of methoxy groups -OCH3 is 1. The van der Waals surface area contributed by atoms with Crippen LogP contribution in [0.15, 0.2) is 36.4 Å². The molecule has 0 aliphatic carbocycles. The average Bonchev–Trinajstić information content (AvgIpc) is 2.76. The predicted octanol–water partition coefficient (Wildman–Crippen LogP) is 3.84. The van der Waals surface area contributed by atoms with Crippen LogP contribution in [-0.4, -0.2) is 12.9 Å². The standard InChI is InChI=1S/C13H11ClO2S/c1-16-10-4-2-3-9(7-10)8-11(15)12-5-6-13(14)17-12/h2-7H,8H2,1H3. The quantitative estimate of drug-likeness (QED) is 0.786. The number of carbonyl (C=O) groups excluding carboxylic acids is 1. The summed E-state index contributed by atoms with van der Waals surface area (Å²) in [5, 5.41) is 0. The van der Waals surface area contributed by atoms with Gasteiger partial charge in [-0.15, -0.1) is 11.3 Å². The fourth-order valence-electron chi connectivity index (χ4n) is 1.52. The first-order valence-electron chi connectivity index (χ1n) is 5.10. The summed E-state index contributed by atoms with van der Waals surface area (Å²) < 4.78 is 5.75. The van der Waals surface area contributed by atoms with E-state index in [2.05, 4.69) is 0 Å². The highest BCUT2D eigenvalue weighted by molar-refractivity contribution is 7.18. The smallest absolute Gasteiger partial charge is 0.177 e. The van der Waals surface area contributed by atoms with E-state index in [0.717, 1.165) is 11.3 Å². The molecule has 2 nitrogen and oxygen atoms in total. The lowest BCUT2D eigenvalue weighted by molar-refractivity contribution is 0.0997. The second-order valence-corrected chi connectivity index (χ2v) is 5.27. The summed E-state index contributed by atoms with van der Waals surface area (Å²) in [6.45, 7) is 0. The van der Waals surface area contributed by atoms with Gasteiger partial charge in [-0.2, -0.15) is 0 Å². The number of halogens is 1. The molecule has 0 atom stereocenters. The Balaban J connectivity index is 2.12. The zero-order valence-electron chi connectivity index (χ0n) is 9.27. The second-order valence-electron chi connectivity index (χ2n) is 3.56. The molecule has 2 rings (SSSR count). The maximum Gasteiger partial charge on any atom is 0.177 e. The Kier molecular flexibility index (Phi) is 3.82. The van der Waals surface area contributed by atoms with Crippen molar-refractivity contribution in [3.63, 3.8) is 0 Å². The van der Waals surface area contributed by atoms with Gasteiger partial charge in [0.15, 0.2) is 5.78 Å². The van der Waals surface area contributed by atoms with Crippen LogP contribution in [0, 0.1) is 0 Å². The van der Waals surface area contributed by atoms with Crippen LogP contribution < -0.4 is 4.74 Å². The van der Waals surface area contributed by atoms with Gasteiger partial charge in [-0.05, 0) is 29.8 Å². The molecular formula is C13H11ClO2S. The van der Waals surface area contributed by atoms with Crippen molar-refractivity contribution in [1.82, 2.24) is 0 Å². The lowest BCUT2D eigenvalue weighted by Gasteiger charge is -2.02. The Morgan fingerprint density at radius 2 is 2.18 bits per heavy atom. The number of hydrogen-bond donors (Lipinski definition) is 0. The van der Waals surface area contributed by atoms with Crippen molar-refractivity contribution in [1.29, 1.82) is 0 Å². The fraction of sp³-hybridized carbons (Fsp3) is 0.154. The van der Waals surface area contributed by atoms with Gasteiger partial charge < -0.3 is 4.74 Å². The Morgan fingerprint density at radius 1 is 1.35 bits per heavy atom. The third-order valence-electron chi connectivity index (χ3n) is 2.35. The van der Waals surface area contributed by atoms with Gasteiger partial charge in [0.1, 0.15) is 5.75 Å². The van der Waals surface area contributed by atoms with Crippen molar-refractivity contribution < 1.29 is 9.53 Å².